The van der Waals surface area contributed by atoms with Crippen LogP contribution in [0.25, 0.3) is 11.3 Å². The van der Waals surface area contributed by atoms with Crippen molar-refractivity contribution < 1.29 is 23.8 Å². The smallest absolute Gasteiger partial charge is 0.329 e. The summed E-state index contributed by atoms with van der Waals surface area (Å²) in [6.07, 6.45) is 3.45. The van der Waals surface area contributed by atoms with Gasteiger partial charge in [-0.25, -0.2) is 19.2 Å². The van der Waals surface area contributed by atoms with Gasteiger partial charge in [-0.3, -0.25) is 14.0 Å². The Kier molecular flexibility index (Phi) is 6.75. The van der Waals surface area contributed by atoms with Crippen molar-refractivity contribution in [1.82, 2.24) is 29.2 Å². The number of aromatic nitrogens is 5. The zero-order valence-corrected chi connectivity index (χ0v) is 22.4. The number of halogens is 1. The lowest BCUT2D eigenvalue weighted by atomic mass is 9.88. The Morgan fingerprint density at radius 3 is 2.75 bits per heavy atom. The molecule has 0 saturated heterocycles. The van der Waals surface area contributed by atoms with E-state index in [1.807, 2.05) is 13.0 Å². The number of rotatable bonds is 9. The molecule has 4 aromatic rings. The quantitative estimate of drug-likeness (QED) is 0.289. The fraction of sp³-hybridized carbons (Fsp3) is 0.296. The number of carbonyl (C=O) groups excluding carboxylic acids is 2. The Hall–Kier alpha value is -4.78. The lowest BCUT2D eigenvalue weighted by molar-refractivity contribution is -0.129. The Morgan fingerprint density at radius 1 is 1.32 bits per heavy atom. The van der Waals surface area contributed by atoms with Crippen molar-refractivity contribution in [3.63, 3.8) is 0 Å². The third-order valence-corrected chi connectivity index (χ3v) is 7.19. The van der Waals surface area contributed by atoms with Crippen molar-refractivity contribution in [2.24, 2.45) is 12.8 Å². The molecule has 0 bridgehead atoms. The van der Waals surface area contributed by atoms with Gasteiger partial charge in [0.25, 0.3) is 0 Å². The van der Waals surface area contributed by atoms with Gasteiger partial charge in [0.1, 0.15) is 22.9 Å². The minimum Gasteiger partial charge on any atom is -0.497 e. The molecule has 208 valence electrons. The lowest BCUT2D eigenvalue weighted by Crippen LogP contribution is -2.56. The highest BCUT2D eigenvalue weighted by atomic mass is 19.1. The average Bonchev–Trinajstić information content (AvgIpc) is 3.60. The molecular weight excluding hydrogens is 519 g/mol. The van der Waals surface area contributed by atoms with Gasteiger partial charge >= 0.3 is 6.03 Å². The first kappa shape index (κ1) is 26.8. The molecule has 0 aliphatic carbocycles. The molecule has 4 heterocycles. The van der Waals surface area contributed by atoms with Gasteiger partial charge in [-0.1, -0.05) is 0 Å². The first-order chi connectivity index (χ1) is 19.0. The molecule has 1 aliphatic rings. The van der Waals surface area contributed by atoms with E-state index in [0.29, 0.717) is 28.7 Å². The average molecular weight is 549 g/mol. The van der Waals surface area contributed by atoms with Crippen molar-refractivity contribution in [2.75, 3.05) is 12.4 Å². The maximum atomic E-state index is 14.0. The molecule has 4 N–H and O–H groups in total. The van der Waals surface area contributed by atoms with Gasteiger partial charge < -0.3 is 25.8 Å². The van der Waals surface area contributed by atoms with Crippen LogP contribution in [0, 0.1) is 12.7 Å². The van der Waals surface area contributed by atoms with Crippen molar-refractivity contribution in [2.45, 2.75) is 38.5 Å². The Morgan fingerprint density at radius 2 is 2.10 bits per heavy atom. The van der Waals surface area contributed by atoms with E-state index in [0.717, 1.165) is 11.6 Å². The van der Waals surface area contributed by atoms with Gasteiger partial charge in [0.2, 0.25) is 11.9 Å². The van der Waals surface area contributed by atoms with E-state index in [4.69, 9.17) is 10.5 Å². The van der Waals surface area contributed by atoms with Crippen LogP contribution in [-0.2, 0) is 18.4 Å². The molecule has 0 spiro atoms. The standard InChI is InChI=1S/C27H29FN8O4/c1-15-12-30-25(32-22-5-6-31-34(22)3)33-23(15)17-8-19-14-36(26(39)35(19)13-17)27(2,24(29)38)11-21(37)16-7-18(28)10-20(9-16)40-4/h5-10,12-13,21,37H,11,14H2,1-4H3,(H2,29,38)(H,30,32,33)/t21-,27?/m0/s1. The largest absolute Gasteiger partial charge is 0.497 e. The second-order valence-electron chi connectivity index (χ2n) is 9.93. The number of anilines is 2. The lowest BCUT2D eigenvalue weighted by Gasteiger charge is -2.37. The molecule has 1 unspecified atom stereocenters. The number of fused-ring (bicyclic) bond motifs is 1. The number of benzene rings is 1. The van der Waals surface area contributed by atoms with Crippen LogP contribution in [0.4, 0.5) is 21.0 Å². The zero-order chi connectivity index (χ0) is 28.8. The molecule has 5 rings (SSSR count). The molecular formula is C27H29FN8O4. The Labute approximate surface area is 229 Å². The first-order valence-corrected chi connectivity index (χ1v) is 12.4. The molecule has 2 amide bonds. The predicted molar refractivity (Wildman–Crippen MR) is 143 cm³/mol. The molecule has 0 saturated carbocycles. The van der Waals surface area contributed by atoms with Crippen LogP contribution in [0.2, 0.25) is 0 Å². The number of aliphatic hydroxyl groups is 1. The molecule has 1 aromatic carbocycles. The number of nitrogens with zero attached hydrogens (tertiary/aromatic N) is 6. The number of nitrogens with one attached hydrogen (secondary N) is 1. The number of hydrogen-bond acceptors (Lipinski definition) is 8. The Bertz CT molecular complexity index is 1620. The molecule has 1 aliphatic heterocycles. The summed E-state index contributed by atoms with van der Waals surface area (Å²) in [5.74, 6) is -0.105. The highest BCUT2D eigenvalue weighted by Gasteiger charge is 2.46. The number of amides is 2. The Balaban J connectivity index is 1.40. The van der Waals surface area contributed by atoms with Gasteiger partial charge in [-0.05, 0) is 43.2 Å². The van der Waals surface area contributed by atoms with Gasteiger partial charge in [-0.2, -0.15) is 5.10 Å². The third-order valence-electron chi connectivity index (χ3n) is 7.19. The van der Waals surface area contributed by atoms with E-state index in [1.54, 1.807) is 36.4 Å². The normalized spacial score (nSPS) is 15.1. The topological polar surface area (TPSA) is 153 Å². The van der Waals surface area contributed by atoms with Crippen LogP contribution < -0.4 is 15.8 Å². The third kappa shape index (κ3) is 4.75. The second kappa shape index (κ2) is 10.1. The number of ether oxygens (including phenoxy) is 1. The van der Waals surface area contributed by atoms with E-state index in [9.17, 15) is 19.1 Å². The second-order valence-corrected chi connectivity index (χ2v) is 9.93. The molecule has 0 fully saturated rings. The summed E-state index contributed by atoms with van der Waals surface area (Å²) in [6.45, 7) is 3.43. The predicted octanol–water partition coefficient (Wildman–Crippen LogP) is 3.03. The van der Waals surface area contributed by atoms with E-state index in [1.165, 1.54) is 35.6 Å². The fourth-order valence-corrected chi connectivity index (χ4v) is 4.82. The van der Waals surface area contributed by atoms with Gasteiger partial charge in [0.05, 0.1) is 31.6 Å². The number of carbonyl (C=O) groups is 2. The number of aryl methyl sites for hydroxylation is 2. The van der Waals surface area contributed by atoms with E-state index >= 15 is 0 Å². The maximum Gasteiger partial charge on any atom is 0.329 e. The van der Waals surface area contributed by atoms with Gasteiger partial charge in [-0.15, -0.1) is 0 Å². The summed E-state index contributed by atoms with van der Waals surface area (Å²) in [5, 5.41) is 18.2. The summed E-state index contributed by atoms with van der Waals surface area (Å²) < 4.78 is 22.2. The van der Waals surface area contributed by atoms with Crippen LogP contribution >= 0.6 is 0 Å². The van der Waals surface area contributed by atoms with Crippen molar-refractivity contribution in [1.29, 1.82) is 0 Å². The number of nitrogens with two attached hydrogens (primary N) is 1. The molecule has 13 heteroatoms. The van der Waals surface area contributed by atoms with Crippen molar-refractivity contribution in [3.8, 4) is 17.0 Å². The number of aliphatic hydroxyl groups excluding tert-OH is 1. The van der Waals surface area contributed by atoms with Crippen LogP contribution in [0.5, 0.6) is 5.75 Å². The van der Waals surface area contributed by atoms with Crippen LogP contribution in [0.3, 0.4) is 0 Å². The highest BCUT2D eigenvalue weighted by molar-refractivity contribution is 5.92. The first-order valence-electron chi connectivity index (χ1n) is 12.4. The van der Waals surface area contributed by atoms with E-state index in [2.05, 4.69) is 20.4 Å². The van der Waals surface area contributed by atoms with Gasteiger partial charge in [0.15, 0.2) is 0 Å². The highest BCUT2D eigenvalue weighted by Crippen LogP contribution is 2.36. The minimum absolute atomic E-state index is 0.0712. The summed E-state index contributed by atoms with van der Waals surface area (Å²) in [4.78, 5) is 36.5. The summed E-state index contributed by atoms with van der Waals surface area (Å²) in [5.41, 5.74) is 7.16. The SMILES string of the molecule is COc1cc(F)cc([C@@H](O)CC(C)(C(N)=O)N2Cc3cc(-c4nc(Nc5ccnn5C)ncc4C)cn3C2=O)c1. The molecule has 3 aromatic heterocycles. The van der Waals surface area contributed by atoms with E-state index < -0.39 is 29.4 Å². The monoisotopic (exact) mass is 548 g/mol. The number of methoxy groups -OCH3 is 1. The molecule has 40 heavy (non-hydrogen) atoms. The maximum absolute atomic E-state index is 14.0. The van der Waals surface area contributed by atoms with Gasteiger partial charge in [0, 0.05) is 49.3 Å². The zero-order valence-electron chi connectivity index (χ0n) is 22.4. The van der Waals surface area contributed by atoms with Crippen molar-refractivity contribution >= 4 is 23.7 Å². The summed E-state index contributed by atoms with van der Waals surface area (Å²) in [6, 6.07) is 6.93. The number of primary amides is 1. The van der Waals surface area contributed by atoms with E-state index in [-0.39, 0.29) is 24.3 Å². The fourth-order valence-electron chi connectivity index (χ4n) is 4.82. The molecule has 2 atom stereocenters. The van der Waals surface area contributed by atoms with Crippen LogP contribution in [0.15, 0.2) is 48.9 Å². The van der Waals surface area contributed by atoms with Crippen LogP contribution in [0.1, 0.15) is 36.3 Å². The summed E-state index contributed by atoms with van der Waals surface area (Å²) >= 11 is 0. The number of hydrogen-bond donors (Lipinski definition) is 3. The minimum atomic E-state index is -1.57. The molecule has 0 radical (unpaired) electrons. The summed E-state index contributed by atoms with van der Waals surface area (Å²) in [7, 11) is 3.17. The van der Waals surface area contributed by atoms with Crippen LogP contribution in [-0.4, -0.2) is 58.9 Å². The molecule has 12 nitrogen and oxygen atoms in total. The van der Waals surface area contributed by atoms with Crippen molar-refractivity contribution in [3.05, 3.63) is 71.6 Å².